The Labute approximate surface area is 106 Å². The van der Waals surface area contributed by atoms with Crippen LogP contribution in [0.5, 0.6) is 5.75 Å². The molecule has 1 aromatic carbocycles. The lowest BCUT2D eigenvalue weighted by molar-refractivity contribution is 0.0596. The van der Waals surface area contributed by atoms with Gasteiger partial charge in [-0.05, 0) is 31.0 Å². The van der Waals surface area contributed by atoms with E-state index < -0.39 is 5.97 Å². The van der Waals surface area contributed by atoms with E-state index in [0.29, 0.717) is 30.0 Å². The molecule has 1 rings (SSSR count). The predicted molar refractivity (Wildman–Crippen MR) is 67.2 cm³/mol. The van der Waals surface area contributed by atoms with Gasteiger partial charge in [0.1, 0.15) is 11.3 Å². The highest BCUT2D eigenvalue weighted by Gasteiger charge is 2.13. The van der Waals surface area contributed by atoms with Crippen LogP contribution >= 0.6 is 0 Å². The third kappa shape index (κ3) is 3.98. The van der Waals surface area contributed by atoms with Crippen LogP contribution in [0.4, 0.5) is 5.69 Å². The molecular weight excluding hydrogens is 232 g/mol. The standard InChI is InChI=1S/C13H16N2O3/c1-17-13(16)11-9-10(15)5-6-12(11)18-8-4-2-3-7-14/h5-6,9H,2-4,8,15H2,1H3. The first-order chi connectivity index (χ1) is 8.69. The van der Waals surface area contributed by atoms with Crippen LogP contribution in [0.3, 0.4) is 0 Å². The van der Waals surface area contributed by atoms with Gasteiger partial charge in [-0.15, -0.1) is 0 Å². The second-order valence-corrected chi connectivity index (χ2v) is 3.71. The number of methoxy groups -OCH3 is 1. The smallest absolute Gasteiger partial charge is 0.341 e. The van der Waals surface area contributed by atoms with Gasteiger partial charge in [-0.3, -0.25) is 0 Å². The zero-order chi connectivity index (χ0) is 13.4. The lowest BCUT2D eigenvalue weighted by Crippen LogP contribution is -2.07. The third-order valence-corrected chi connectivity index (χ3v) is 2.35. The molecule has 0 radical (unpaired) electrons. The summed E-state index contributed by atoms with van der Waals surface area (Å²) in [6.07, 6.45) is 2.05. The summed E-state index contributed by atoms with van der Waals surface area (Å²) < 4.78 is 10.2. The number of nitrogen functional groups attached to an aromatic ring is 1. The van der Waals surface area contributed by atoms with Crippen LogP contribution in [0.15, 0.2) is 18.2 Å². The number of ether oxygens (including phenoxy) is 2. The Bertz CT molecular complexity index is 452. The van der Waals surface area contributed by atoms with Crippen LogP contribution in [0, 0.1) is 11.3 Å². The molecule has 0 fully saturated rings. The largest absolute Gasteiger partial charge is 0.493 e. The molecule has 0 aliphatic carbocycles. The Balaban J connectivity index is 2.64. The monoisotopic (exact) mass is 248 g/mol. The topological polar surface area (TPSA) is 85.3 Å². The molecule has 0 heterocycles. The normalized spacial score (nSPS) is 9.56. The summed E-state index contributed by atoms with van der Waals surface area (Å²) in [4.78, 5) is 11.5. The molecule has 0 amide bonds. The lowest BCUT2D eigenvalue weighted by atomic mass is 10.2. The van der Waals surface area contributed by atoms with E-state index in [4.69, 9.17) is 15.7 Å². The fourth-order valence-corrected chi connectivity index (χ4v) is 1.43. The van der Waals surface area contributed by atoms with Gasteiger partial charge in [0.05, 0.1) is 19.8 Å². The molecule has 5 heteroatoms. The van der Waals surface area contributed by atoms with Crippen molar-refractivity contribution in [3.05, 3.63) is 23.8 Å². The number of unbranched alkanes of at least 4 members (excludes halogenated alkanes) is 2. The van der Waals surface area contributed by atoms with Gasteiger partial charge in [-0.25, -0.2) is 4.79 Å². The zero-order valence-corrected chi connectivity index (χ0v) is 10.3. The number of nitrogens with zero attached hydrogens (tertiary/aromatic N) is 1. The minimum Gasteiger partial charge on any atom is -0.493 e. The molecule has 0 bridgehead atoms. The van der Waals surface area contributed by atoms with Gasteiger partial charge in [0.25, 0.3) is 0 Å². The number of benzene rings is 1. The van der Waals surface area contributed by atoms with E-state index in [9.17, 15) is 4.79 Å². The van der Waals surface area contributed by atoms with Crippen LogP contribution in [-0.2, 0) is 4.74 Å². The van der Waals surface area contributed by atoms with Gasteiger partial charge in [0, 0.05) is 12.1 Å². The first kappa shape index (κ1) is 13.8. The average molecular weight is 248 g/mol. The van der Waals surface area contributed by atoms with Crippen LogP contribution in [0.1, 0.15) is 29.6 Å². The second kappa shape index (κ2) is 7.17. The number of anilines is 1. The highest BCUT2D eigenvalue weighted by Crippen LogP contribution is 2.22. The van der Waals surface area contributed by atoms with Crippen molar-refractivity contribution in [2.75, 3.05) is 19.5 Å². The van der Waals surface area contributed by atoms with Crippen molar-refractivity contribution in [2.45, 2.75) is 19.3 Å². The summed E-state index contributed by atoms with van der Waals surface area (Å²) in [5, 5.41) is 8.40. The molecule has 0 spiro atoms. The number of nitriles is 1. The average Bonchev–Trinajstić information content (AvgIpc) is 2.39. The van der Waals surface area contributed by atoms with Crippen LogP contribution in [0.2, 0.25) is 0 Å². The van der Waals surface area contributed by atoms with E-state index in [1.54, 1.807) is 12.1 Å². The summed E-state index contributed by atoms with van der Waals surface area (Å²) in [6.45, 7) is 0.454. The van der Waals surface area contributed by atoms with Crippen LogP contribution in [-0.4, -0.2) is 19.7 Å². The van der Waals surface area contributed by atoms with Gasteiger partial charge < -0.3 is 15.2 Å². The molecular formula is C13H16N2O3. The molecule has 0 saturated heterocycles. The summed E-state index contributed by atoms with van der Waals surface area (Å²) in [5.74, 6) is -0.0256. The maximum Gasteiger partial charge on any atom is 0.341 e. The van der Waals surface area contributed by atoms with Crippen molar-refractivity contribution >= 4 is 11.7 Å². The number of rotatable bonds is 6. The Hall–Kier alpha value is -2.22. The number of carbonyl (C=O) groups excluding carboxylic acids is 1. The first-order valence-corrected chi connectivity index (χ1v) is 5.66. The van der Waals surface area contributed by atoms with Crippen molar-refractivity contribution < 1.29 is 14.3 Å². The first-order valence-electron chi connectivity index (χ1n) is 5.66. The van der Waals surface area contributed by atoms with Gasteiger partial charge in [-0.2, -0.15) is 5.26 Å². The van der Waals surface area contributed by atoms with E-state index in [0.717, 1.165) is 12.8 Å². The minimum absolute atomic E-state index is 0.317. The van der Waals surface area contributed by atoms with E-state index in [1.165, 1.54) is 13.2 Å². The van der Waals surface area contributed by atoms with Gasteiger partial charge in [0.2, 0.25) is 0 Å². The number of hydrogen-bond donors (Lipinski definition) is 1. The maximum absolute atomic E-state index is 11.5. The fourth-order valence-electron chi connectivity index (χ4n) is 1.43. The Kier molecular flexibility index (Phi) is 5.52. The summed E-state index contributed by atoms with van der Waals surface area (Å²) in [6, 6.07) is 6.90. The second-order valence-electron chi connectivity index (χ2n) is 3.71. The number of esters is 1. The fraction of sp³-hybridized carbons (Fsp3) is 0.385. The number of nitrogens with two attached hydrogens (primary N) is 1. The Morgan fingerprint density at radius 3 is 2.89 bits per heavy atom. The predicted octanol–water partition coefficient (Wildman–Crippen LogP) is 2.13. The molecule has 1 aromatic rings. The quantitative estimate of drug-likeness (QED) is 0.473. The highest BCUT2D eigenvalue weighted by atomic mass is 16.5. The van der Waals surface area contributed by atoms with Crippen molar-refractivity contribution in [2.24, 2.45) is 0 Å². The van der Waals surface area contributed by atoms with Gasteiger partial charge in [0.15, 0.2) is 0 Å². The van der Waals surface area contributed by atoms with Gasteiger partial charge in [-0.1, -0.05) is 0 Å². The van der Waals surface area contributed by atoms with Crippen LogP contribution in [0.25, 0.3) is 0 Å². The minimum atomic E-state index is -0.477. The SMILES string of the molecule is COC(=O)c1cc(N)ccc1OCCCCC#N. The molecule has 0 aliphatic heterocycles. The molecule has 0 unspecified atom stereocenters. The highest BCUT2D eigenvalue weighted by molar-refractivity contribution is 5.93. The molecule has 0 saturated carbocycles. The molecule has 0 aromatic heterocycles. The van der Waals surface area contributed by atoms with E-state index in [-0.39, 0.29) is 0 Å². The Morgan fingerprint density at radius 2 is 2.22 bits per heavy atom. The van der Waals surface area contributed by atoms with E-state index >= 15 is 0 Å². The lowest BCUT2D eigenvalue weighted by Gasteiger charge is -2.10. The molecule has 0 aliphatic rings. The Morgan fingerprint density at radius 1 is 1.44 bits per heavy atom. The summed E-state index contributed by atoms with van der Waals surface area (Å²) in [5.41, 5.74) is 6.41. The molecule has 18 heavy (non-hydrogen) atoms. The molecule has 2 N–H and O–H groups in total. The summed E-state index contributed by atoms with van der Waals surface area (Å²) >= 11 is 0. The van der Waals surface area contributed by atoms with Crippen molar-refractivity contribution in [3.63, 3.8) is 0 Å². The maximum atomic E-state index is 11.5. The van der Waals surface area contributed by atoms with E-state index in [2.05, 4.69) is 10.8 Å². The van der Waals surface area contributed by atoms with Crippen molar-refractivity contribution in [3.8, 4) is 11.8 Å². The van der Waals surface area contributed by atoms with Gasteiger partial charge >= 0.3 is 5.97 Å². The number of hydrogen-bond acceptors (Lipinski definition) is 5. The third-order valence-electron chi connectivity index (χ3n) is 2.35. The number of carbonyl (C=O) groups is 1. The summed E-state index contributed by atoms with van der Waals surface area (Å²) in [7, 11) is 1.31. The van der Waals surface area contributed by atoms with E-state index in [1.807, 2.05) is 0 Å². The van der Waals surface area contributed by atoms with Crippen molar-refractivity contribution in [1.82, 2.24) is 0 Å². The molecule has 96 valence electrons. The molecule has 0 atom stereocenters. The molecule has 5 nitrogen and oxygen atoms in total. The van der Waals surface area contributed by atoms with Crippen molar-refractivity contribution in [1.29, 1.82) is 5.26 Å². The van der Waals surface area contributed by atoms with Crippen LogP contribution < -0.4 is 10.5 Å². The zero-order valence-electron chi connectivity index (χ0n) is 10.3.